The Balaban J connectivity index is 2.22. The van der Waals surface area contributed by atoms with Crippen molar-refractivity contribution in [2.75, 3.05) is 5.73 Å². The molecule has 2 N–H and O–H groups in total. The number of hydrogen-bond acceptors (Lipinski definition) is 2. The molecule has 15 heavy (non-hydrogen) atoms. The van der Waals surface area contributed by atoms with Gasteiger partial charge in [-0.15, -0.1) is 0 Å². The van der Waals surface area contributed by atoms with Gasteiger partial charge >= 0.3 is 0 Å². The first-order chi connectivity index (χ1) is 7.16. The average molecular weight is 205 g/mol. The van der Waals surface area contributed by atoms with Crippen molar-refractivity contribution in [2.24, 2.45) is 7.05 Å². The summed E-state index contributed by atoms with van der Waals surface area (Å²) in [5, 5.41) is 4.05. The number of benzene rings is 1. The number of nitrogens with zero attached hydrogens (tertiary/aromatic N) is 2. The van der Waals surface area contributed by atoms with Gasteiger partial charge in [0.25, 0.3) is 0 Å². The van der Waals surface area contributed by atoms with E-state index in [4.69, 9.17) is 5.73 Å². The van der Waals surface area contributed by atoms with Gasteiger partial charge in [0.05, 0.1) is 6.20 Å². The van der Waals surface area contributed by atoms with E-state index < -0.39 is 0 Å². The van der Waals surface area contributed by atoms with Crippen molar-refractivity contribution in [3.05, 3.63) is 47.4 Å². The Morgan fingerprint density at radius 2 is 2.00 bits per heavy atom. The van der Waals surface area contributed by atoms with E-state index in [0.717, 1.165) is 11.1 Å². The van der Waals surface area contributed by atoms with Gasteiger partial charge in [0.2, 0.25) is 0 Å². The summed E-state index contributed by atoms with van der Waals surface area (Å²) in [5.74, 6) is 0.428. The summed E-state index contributed by atoms with van der Waals surface area (Å²) in [7, 11) is 1.80. The molecule has 1 heterocycles. The van der Waals surface area contributed by atoms with Crippen LogP contribution in [0.5, 0.6) is 0 Å². The molecule has 0 bridgehead atoms. The summed E-state index contributed by atoms with van der Waals surface area (Å²) in [6.07, 6.45) is 2.42. The molecule has 2 aromatic rings. The van der Waals surface area contributed by atoms with Crippen LogP contribution in [0.4, 0.5) is 10.2 Å². The van der Waals surface area contributed by atoms with Crippen molar-refractivity contribution in [1.82, 2.24) is 9.78 Å². The Bertz CT molecular complexity index is 459. The van der Waals surface area contributed by atoms with Gasteiger partial charge < -0.3 is 5.73 Å². The molecule has 0 saturated heterocycles. The minimum atomic E-state index is -0.224. The molecule has 0 atom stereocenters. The molecule has 3 nitrogen and oxygen atoms in total. The Labute approximate surface area is 87.3 Å². The molecule has 0 fully saturated rings. The molecule has 2 rings (SSSR count). The van der Waals surface area contributed by atoms with Crippen LogP contribution in [0.15, 0.2) is 30.5 Å². The van der Waals surface area contributed by atoms with E-state index in [1.165, 1.54) is 12.1 Å². The monoisotopic (exact) mass is 205 g/mol. The third-order valence-corrected chi connectivity index (χ3v) is 2.37. The van der Waals surface area contributed by atoms with E-state index in [2.05, 4.69) is 5.10 Å². The molecule has 0 aliphatic rings. The van der Waals surface area contributed by atoms with Gasteiger partial charge in [-0.05, 0) is 17.7 Å². The molecule has 78 valence electrons. The van der Waals surface area contributed by atoms with Crippen LogP contribution < -0.4 is 5.73 Å². The second kappa shape index (κ2) is 3.73. The van der Waals surface area contributed by atoms with Crippen LogP contribution in [0.3, 0.4) is 0 Å². The maximum atomic E-state index is 12.7. The number of nitrogens with two attached hydrogens (primary N) is 1. The van der Waals surface area contributed by atoms with Crippen LogP contribution in [0.25, 0.3) is 0 Å². The molecular formula is C11H12FN3. The fourth-order valence-electron chi connectivity index (χ4n) is 1.45. The first kappa shape index (κ1) is 9.71. The first-order valence-electron chi connectivity index (χ1n) is 4.67. The molecule has 0 aliphatic carbocycles. The number of rotatable bonds is 2. The van der Waals surface area contributed by atoms with Gasteiger partial charge in [0.15, 0.2) is 0 Å². The molecule has 0 radical (unpaired) electrons. The molecule has 4 heteroatoms. The highest BCUT2D eigenvalue weighted by Gasteiger charge is 2.05. The lowest BCUT2D eigenvalue weighted by Gasteiger charge is -2.01. The molecule has 0 unspecified atom stereocenters. The lowest BCUT2D eigenvalue weighted by molar-refractivity contribution is 0.627. The van der Waals surface area contributed by atoms with Gasteiger partial charge in [0.1, 0.15) is 11.6 Å². The maximum absolute atomic E-state index is 12.7. The van der Waals surface area contributed by atoms with Crippen LogP contribution in [-0.2, 0) is 13.5 Å². The van der Waals surface area contributed by atoms with Gasteiger partial charge in [-0.2, -0.15) is 5.10 Å². The minimum absolute atomic E-state index is 0.224. The van der Waals surface area contributed by atoms with Crippen LogP contribution in [0, 0.1) is 5.82 Å². The summed E-state index contributed by atoms with van der Waals surface area (Å²) < 4.78 is 14.3. The standard InChI is InChI=1S/C11H12FN3/c1-15-11(13)9(7-14-15)6-8-2-4-10(12)5-3-8/h2-5,7H,6,13H2,1H3. The minimum Gasteiger partial charge on any atom is -0.384 e. The Morgan fingerprint density at radius 3 is 2.53 bits per heavy atom. The summed E-state index contributed by atoms with van der Waals surface area (Å²) in [4.78, 5) is 0. The molecule has 1 aromatic heterocycles. The van der Waals surface area contributed by atoms with Crippen molar-refractivity contribution in [1.29, 1.82) is 0 Å². The number of hydrogen-bond donors (Lipinski definition) is 1. The van der Waals surface area contributed by atoms with Gasteiger partial charge in [-0.1, -0.05) is 12.1 Å². The third-order valence-electron chi connectivity index (χ3n) is 2.37. The van der Waals surface area contributed by atoms with Gasteiger partial charge in [0, 0.05) is 19.0 Å². The highest BCUT2D eigenvalue weighted by atomic mass is 19.1. The highest BCUT2D eigenvalue weighted by Crippen LogP contribution is 2.15. The fourth-order valence-corrected chi connectivity index (χ4v) is 1.45. The molecule has 0 amide bonds. The number of nitrogen functional groups attached to an aromatic ring is 1. The van der Waals surface area contributed by atoms with Crippen molar-refractivity contribution >= 4 is 5.82 Å². The average Bonchev–Trinajstić information content (AvgIpc) is 2.53. The smallest absolute Gasteiger partial charge is 0.124 e. The number of halogens is 1. The van der Waals surface area contributed by atoms with Crippen LogP contribution >= 0.6 is 0 Å². The van der Waals surface area contributed by atoms with Crippen molar-refractivity contribution < 1.29 is 4.39 Å². The zero-order chi connectivity index (χ0) is 10.8. The van der Waals surface area contributed by atoms with Gasteiger partial charge in [-0.3, -0.25) is 4.68 Å². The van der Waals surface area contributed by atoms with Crippen molar-refractivity contribution in [2.45, 2.75) is 6.42 Å². The molecule has 0 spiro atoms. The predicted molar refractivity (Wildman–Crippen MR) is 56.8 cm³/mol. The molecule has 0 aliphatic heterocycles. The number of aromatic nitrogens is 2. The Kier molecular flexibility index (Phi) is 2.41. The second-order valence-corrected chi connectivity index (χ2v) is 3.48. The maximum Gasteiger partial charge on any atom is 0.124 e. The number of aryl methyl sites for hydroxylation is 1. The summed E-state index contributed by atoms with van der Waals surface area (Å²) >= 11 is 0. The van der Waals surface area contributed by atoms with E-state index in [-0.39, 0.29) is 5.82 Å². The van der Waals surface area contributed by atoms with Crippen LogP contribution in [0.1, 0.15) is 11.1 Å². The summed E-state index contributed by atoms with van der Waals surface area (Å²) in [5.41, 5.74) is 7.79. The zero-order valence-electron chi connectivity index (χ0n) is 8.44. The van der Waals surface area contributed by atoms with E-state index >= 15 is 0 Å². The Morgan fingerprint density at radius 1 is 1.33 bits per heavy atom. The number of anilines is 1. The zero-order valence-corrected chi connectivity index (χ0v) is 8.44. The summed E-state index contributed by atoms with van der Waals surface area (Å²) in [6, 6.07) is 6.40. The fraction of sp³-hybridized carbons (Fsp3) is 0.182. The van der Waals surface area contributed by atoms with E-state index in [0.29, 0.717) is 12.2 Å². The predicted octanol–water partition coefficient (Wildman–Crippen LogP) is 1.73. The van der Waals surface area contributed by atoms with E-state index in [1.807, 2.05) is 0 Å². The lowest BCUT2D eigenvalue weighted by Crippen LogP contribution is -2.00. The van der Waals surface area contributed by atoms with Gasteiger partial charge in [-0.25, -0.2) is 4.39 Å². The highest BCUT2D eigenvalue weighted by molar-refractivity contribution is 5.41. The lowest BCUT2D eigenvalue weighted by atomic mass is 10.1. The first-order valence-corrected chi connectivity index (χ1v) is 4.67. The van der Waals surface area contributed by atoms with Crippen molar-refractivity contribution in [3.8, 4) is 0 Å². The largest absolute Gasteiger partial charge is 0.384 e. The second-order valence-electron chi connectivity index (χ2n) is 3.48. The third kappa shape index (κ3) is 1.98. The Hall–Kier alpha value is -1.84. The molecule has 1 aromatic carbocycles. The normalized spacial score (nSPS) is 10.5. The SMILES string of the molecule is Cn1ncc(Cc2ccc(F)cc2)c1N. The van der Waals surface area contributed by atoms with Crippen LogP contribution in [0.2, 0.25) is 0 Å². The van der Waals surface area contributed by atoms with Crippen LogP contribution in [-0.4, -0.2) is 9.78 Å². The van der Waals surface area contributed by atoms with Crippen molar-refractivity contribution in [3.63, 3.8) is 0 Å². The quantitative estimate of drug-likeness (QED) is 0.811. The topological polar surface area (TPSA) is 43.8 Å². The summed E-state index contributed by atoms with van der Waals surface area (Å²) in [6.45, 7) is 0. The van der Waals surface area contributed by atoms with E-state index in [9.17, 15) is 4.39 Å². The molecular weight excluding hydrogens is 193 g/mol. The molecule has 0 saturated carbocycles. The van der Waals surface area contributed by atoms with E-state index in [1.54, 1.807) is 30.1 Å².